The number of aliphatic hydroxyl groups is 1. The number of hydrogen-bond donors (Lipinski definition) is 1. The smallest absolute Gasteiger partial charge is 0.121 e. The summed E-state index contributed by atoms with van der Waals surface area (Å²) in [6, 6.07) is 36.4. The van der Waals surface area contributed by atoms with Gasteiger partial charge in [-0.3, -0.25) is 4.90 Å². The molecular formula is C31H30ClNO2. The Labute approximate surface area is 212 Å². The third kappa shape index (κ3) is 5.34. The molecule has 1 fully saturated rings. The molecule has 0 amide bonds. The first kappa shape index (κ1) is 23.8. The Morgan fingerprint density at radius 2 is 1.43 bits per heavy atom. The molecule has 4 heteroatoms. The summed E-state index contributed by atoms with van der Waals surface area (Å²) >= 11 is 6.57. The fourth-order valence-electron chi connectivity index (χ4n) is 5.01. The van der Waals surface area contributed by atoms with Gasteiger partial charge in [0.15, 0.2) is 0 Å². The summed E-state index contributed by atoms with van der Waals surface area (Å²) in [7, 11) is 0. The highest BCUT2D eigenvalue weighted by Gasteiger charge is 2.42. The molecule has 1 heterocycles. The minimum atomic E-state index is -1.20. The van der Waals surface area contributed by atoms with Crippen molar-refractivity contribution < 1.29 is 9.84 Å². The molecule has 0 saturated carbocycles. The minimum Gasteiger partial charge on any atom is -0.382 e. The van der Waals surface area contributed by atoms with Gasteiger partial charge in [-0.05, 0) is 28.3 Å². The molecule has 1 aliphatic heterocycles. The quantitative estimate of drug-likeness (QED) is 0.333. The van der Waals surface area contributed by atoms with Crippen LogP contribution in [0.5, 0.6) is 0 Å². The average molecular weight is 484 g/mol. The Kier molecular flexibility index (Phi) is 7.31. The van der Waals surface area contributed by atoms with E-state index in [0.29, 0.717) is 24.6 Å². The van der Waals surface area contributed by atoms with Crippen LogP contribution in [0.3, 0.4) is 0 Å². The zero-order valence-corrected chi connectivity index (χ0v) is 20.4. The number of hydrogen-bond acceptors (Lipinski definition) is 3. The minimum absolute atomic E-state index is 0.373. The van der Waals surface area contributed by atoms with Crippen LogP contribution < -0.4 is 0 Å². The van der Waals surface area contributed by atoms with Crippen LogP contribution in [0, 0.1) is 0 Å². The van der Waals surface area contributed by atoms with Gasteiger partial charge in [-0.25, -0.2) is 0 Å². The highest BCUT2D eigenvalue weighted by atomic mass is 35.5. The first-order valence-corrected chi connectivity index (χ1v) is 12.5. The van der Waals surface area contributed by atoms with Gasteiger partial charge in [0, 0.05) is 36.6 Å². The SMILES string of the molecule is OC(Cc1ccccc1-c1ccccc1Cl)(c1ccccc1)[C@@H]1CN(Cc2ccccc2)CCO1. The van der Waals surface area contributed by atoms with Gasteiger partial charge in [0.25, 0.3) is 0 Å². The van der Waals surface area contributed by atoms with Crippen molar-refractivity contribution in [3.05, 3.63) is 131 Å². The normalized spacial score (nSPS) is 18.2. The Morgan fingerprint density at radius 3 is 2.17 bits per heavy atom. The summed E-state index contributed by atoms with van der Waals surface area (Å²) in [5.74, 6) is 0. The monoisotopic (exact) mass is 483 g/mol. The number of halogens is 1. The maximum atomic E-state index is 12.4. The molecule has 0 bridgehead atoms. The van der Waals surface area contributed by atoms with Gasteiger partial charge in [-0.2, -0.15) is 0 Å². The Morgan fingerprint density at radius 1 is 0.800 bits per heavy atom. The summed E-state index contributed by atoms with van der Waals surface area (Å²) in [6.07, 6.45) is 0.0454. The van der Waals surface area contributed by atoms with Crippen molar-refractivity contribution in [2.75, 3.05) is 19.7 Å². The van der Waals surface area contributed by atoms with Crippen LogP contribution in [0.1, 0.15) is 16.7 Å². The lowest BCUT2D eigenvalue weighted by Crippen LogP contribution is -2.53. The van der Waals surface area contributed by atoms with E-state index >= 15 is 0 Å². The van der Waals surface area contributed by atoms with E-state index in [0.717, 1.165) is 35.3 Å². The van der Waals surface area contributed by atoms with Gasteiger partial charge < -0.3 is 9.84 Å². The second-order valence-electron chi connectivity index (χ2n) is 9.18. The molecule has 0 aliphatic carbocycles. The molecule has 1 N–H and O–H groups in total. The molecule has 0 radical (unpaired) electrons. The summed E-state index contributed by atoms with van der Waals surface area (Å²) in [4.78, 5) is 2.37. The zero-order valence-electron chi connectivity index (χ0n) is 19.7. The van der Waals surface area contributed by atoms with Crippen molar-refractivity contribution in [2.45, 2.75) is 24.7 Å². The molecule has 35 heavy (non-hydrogen) atoms. The molecule has 2 atom stereocenters. The summed E-state index contributed by atoms with van der Waals surface area (Å²) in [5, 5.41) is 13.1. The van der Waals surface area contributed by atoms with Crippen LogP contribution in [-0.2, 0) is 23.3 Å². The van der Waals surface area contributed by atoms with Crippen LogP contribution in [0.4, 0.5) is 0 Å². The number of ether oxygens (including phenoxy) is 1. The molecule has 1 aliphatic rings. The van der Waals surface area contributed by atoms with Gasteiger partial charge in [-0.1, -0.05) is 115 Å². The lowest BCUT2D eigenvalue weighted by atomic mass is 9.80. The zero-order chi connectivity index (χ0) is 24.1. The number of nitrogens with zero attached hydrogens (tertiary/aromatic N) is 1. The van der Waals surface area contributed by atoms with E-state index in [9.17, 15) is 5.11 Å². The van der Waals surface area contributed by atoms with Gasteiger partial charge in [0.1, 0.15) is 11.7 Å². The van der Waals surface area contributed by atoms with Crippen LogP contribution in [0.15, 0.2) is 109 Å². The second-order valence-corrected chi connectivity index (χ2v) is 9.59. The van der Waals surface area contributed by atoms with Crippen LogP contribution >= 0.6 is 11.6 Å². The van der Waals surface area contributed by atoms with Crippen molar-refractivity contribution in [1.29, 1.82) is 0 Å². The van der Waals surface area contributed by atoms with E-state index < -0.39 is 5.60 Å². The molecule has 3 nitrogen and oxygen atoms in total. The number of rotatable bonds is 7. The Bertz CT molecular complexity index is 1250. The highest BCUT2D eigenvalue weighted by Crippen LogP contribution is 2.38. The molecular weight excluding hydrogens is 454 g/mol. The summed E-state index contributed by atoms with van der Waals surface area (Å²) in [5.41, 5.74) is 3.96. The summed E-state index contributed by atoms with van der Waals surface area (Å²) < 4.78 is 6.29. The molecule has 178 valence electrons. The Hall–Kier alpha value is -2.95. The second kappa shape index (κ2) is 10.8. The van der Waals surface area contributed by atoms with Crippen LogP contribution in [0.2, 0.25) is 5.02 Å². The third-order valence-electron chi connectivity index (χ3n) is 6.85. The number of morpholine rings is 1. The predicted octanol–water partition coefficient (Wildman–Crippen LogP) is 6.34. The van der Waals surface area contributed by atoms with E-state index in [4.69, 9.17) is 16.3 Å². The fourth-order valence-corrected chi connectivity index (χ4v) is 5.25. The van der Waals surface area contributed by atoms with Crippen LogP contribution in [-0.4, -0.2) is 35.8 Å². The van der Waals surface area contributed by atoms with E-state index in [1.54, 1.807) is 0 Å². The Balaban J connectivity index is 1.49. The third-order valence-corrected chi connectivity index (χ3v) is 7.18. The van der Waals surface area contributed by atoms with Gasteiger partial charge in [0.05, 0.1) is 6.61 Å². The summed E-state index contributed by atoms with van der Waals surface area (Å²) in [6.45, 7) is 2.90. The maximum absolute atomic E-state index is 12.4. The standard InChI is InChI=1S/C31H30ClNO2/c32-29-18-10-9-17-28(29)27-16-8-7-13-25(27)21-31(34,26-14-5-2-6-15-26)30-23-33(19-20-35-30)22-24-11-3-1-4-12-24/h1-18,30,34H,19-23H2/t30-,31?/m0/s1. The lowest BCUT2D eigenvalue weighted by molar-refractivity contribution is -0.149. The van der Waals surface area contributed by atoms with Gasteiger partial charge >= 0.3 is 0 Å². The number of benzene rings is 4. The average Bonchev–Trinajstić information content (AvgIpc) is 2.91. The van der Waals surface area contributed by atoms with E-state index in [1.807, 2.05) is 72.8 Å². The first-order chi connectivity index (χ1) is 17.1. The van der Waals surface area contributed by atoms with Crippen molar-refractivity contribution >= 4 is 11.6 Å². The van der Waals surface area contributed by atoms with E-state index in [1.165, 1.54) is 5.56 Å². The lowest BCUT2D eigenvalue weighted by Gasteiger charge is -2.43. The molecule has 5 rings (SSSR count). The molecule has 4 aromatic carbocycles. The maximum Gasteiger partial charge on any atom is 0.121 e. The largest absolute Gasteiger partial charge is 0.382 e. The molecule has 1 saturated heterocycles. The first-order valence-electron chi connectivity index (χ1n) is 12.1. The fraction of sp³-hybridized carbons (Fsp3) is 0.226. The van der Waals surface area contributed by atoms with E-state index in [-0.39, 0.29) is 6.10 Å². The van der Waals surface area contributed by atoms with Gasteiger partial charge in [0.2, 0.25) is 0 Å². The molecule has 0 spiro atoms. The van der Waals surface area contributed by atoms with Crippen molar-refractivity contribution in [3.8, 4) is 11.1 Å². The van der Waals surface area contributed by atoms with Crippen molar-refractivity contribution in [3.63, 3.8) is 0 Å². The van der Waals surface area contributed by atoms with Crippen molar-refractivity contribution in [1.82, 2.24) is 4.90 Å². The molecule has 4 aromatic rings. The molecule has 0 aromatic heterocycles. The van der Waals surface area contributed by atoms with E-state index in [2.05, 4.69) is 41.3 Å². The van der Waals surface area contributed by atoms with Gasteiger partial charge in [-0.15, -0.1) is 0 Å². The van der Waals surface area contributed by atoms with Crippen LogP contribution in [0.25, 0.3) is 11.1 Å². The molecule has 1 unspecified atom stereocenters. The highest BCUT2D eigenvalue weighted by molar-refractivity contribution is 6.33. The topological polar surface area (TPSA) is 32.7 Å². The van der Waals surface area contributed by atoms with Crippen molar-refractivity contribution in [2.24, 2.45) is 0 Å². The predicted molar refractivity (Wildman–Crippen MR) is 142 cm³/mol.